The highest BCUT2D eigenvalue weighted by Gasteiger charge is 2.30. The third kappa shape index (κ3) is 4.01. The SMILES string of the molecule is Cc1cc(C)n(-c2ccccc2CNC(=O)CC(C)(C)C(=O)O)n1. The number of carboxylic acids is 1. The molecule has 0 spiro atoms. The van der Waals surface area contributed by atoms with Crippen LogP contribution in [0, 0.1) is 19.3 Å². The summed E-state index contributed by atoms with van der Waals surface area (Å²) in [6.45, 7) is 7.31. The van der Waals surface area contributed by atoms with Gasteiger partial charge < -0.3 is 10.4 Å². The molecule has 0 aliphatic rings. The molecule has 2 N–H and O–H groups in total. The predicted octanol–water partition coefficient (Wildman–Crippen LogP) is 2.61. The lowest BCUT2D eigenvalue weighted by Crippen LogP contribution is -2.33. The topological polar surface area (TPSA) is 84.2 Å². The van der Waals surface area contributed by atoms with Crippen molar-refractivity contribution in [3.05, 3.63) is 47.3 Å². The molecule has 0 saturated carbocycles. The van der Waals surface area contributed by atoms with Crippen LogP contribution in [0.15, 0.2) is 30.3 Å². The van der Waals surface area contributed by atoms with Gasteiger partial charge in [-0.2, -0.15) is 5.10 Å². The van der Waals surface area contributed by atoms with Gasteiger partial charge in [0.15, 0.2) is 0 Å². The van der Waals surface area contributed by atoms with E-state index < -0.39 is 11.4 Å². The summed E-state index contributed by atoms with van der Waals surface area (Å²) in [4.78, 5) is 23.2. The van der Waals surface area contributed by atoms with Crippen LogP contribution in [0.25, 0.3) is 5.69 Å². The first-order chi connectivity index (χ1) is 11.2. The molecule has 1 aromatic carbocycles. The van der Waals surface area contributed by atoms with E-state index in [1.54, 1.807) is 13.8 Å². The zero-order valence-corrected chi connectivity index (χ0v) is 14.5. The van der Waals surface area contributed by atoms with Crippen molar-refractivity contribution in [2.45, 2.75) is 40.7 Å². The largest absolute Gasteiger partial charge is 0.481 e. The van der Waals surface area contributed by atoms with Gasteiger partial charge in [0.05, 0.1) is 16.8 Å². The Hall–Kier alpha value is -2.63. The number of para-hydroxylation sites is 1. The minimum Gasteiger partial charge on any atom is -0.481 e. The van der Waals surface area contributed by atoms with Crippen LogP contribution in [0.4, 0.5) is 0 Å². The molecule has 6 nitrogen and oxygen atoms in total. The molecule has 0 atom stereocenters. The minimum absolute atomic E-state index is 0.0651. The molecule has 128 valence electrons. The number of nitrogens with one attached hydrogen (secondary N) is 1. The second-order valence-electron chi connectivity index (χ2n) is 6.61. The van der Waals surface area contributed by atoms with Gasteiger partial charge in [-0.1, -0.05) is 18.2 Å². The number of amides is 1. The van der Waals surface area contributed by atoms with Gasteiger partial charge in [0.2, 0.25) is 5.91 Å². The van der Waals surface area contributed by atoms with Gasteiger partial charge in [-0.25, -0.2) is 4.68 Å². The summed E-state index contributed by atoms with van der Waals surface area (Å²) in [6, 6.07) is 9.68. The van der Waals surface area contributed by atoms with Gasteiger partial charge in [0.1, 0.15) is 0 Å². The maximum absolute atomic E-state index is 12.1. The maximum Gasteiger partial charge on any atom is 0.309 e. The van der Waals surface area contributed by atoms with E-state index >= 15 is 0 Å². The second-order valence-corrected chi connectivity index (χ2v) is 6.61. The molecule has 0 saturated heterocycles. The lowest BCUT2D eigenvalue weighted by Gasteiger charge is -2.18. The Labute approximate surface area is 141 Å². The summed E-state index contributed by atoms with van der Waals surface area (Å²) in [7, 11) is 0. The number of carbonyl (C=O) groups is 2. The summed E-state index contributed by atoms with van der Waals surface area (Å²) in [6.07, 6.45) is -0.0651. The van der Waals surface area contributed by atoms with Gasteiger partial charge in [0.25, 0.3) is 0 Å². The van der Waals surface area contributed by atoms with Crippen LogP contribution in [0.2, 0.25) is 0 Å². The molecule has 0 bridgehead atoms. The van der Waals surface area contributed by atoms with Crippen molar-refractivity contribution in [3.8, 4) is 5.69 Å². The Balaban J connectivity index is 2.13. The monoisotopic (exact) mass is 329 g/mol. The van der Waals surface area contributed by atoms with E-state index in [4.69, 9.17) is 5.11 Å². The molecule has 0 fully saturated rings. The molecule has 24 heavy (non-hydrogen) atoms. The van der Waals surface area contributed by atoms with Crippen LogP contribution in [0.3, 0.4) is 0 Å². The number of nitrogens with zero attached hydrogens (tertiary/aromatic N) is 2. The lowest BCUT2D eigenvalue weighted by molar-refractivity contribution is -0.149. The van der Waals surface area contributed by atoms with E-state index in [0.717, 1.165) is 22.6 Å². The molecule has 1 amide bonds. The highest BCUT2D eigenvalue weighted by Crippen LogP contribution is 2.21. The number of carbonyl (C=O) groups excluding carboxylic acids is 1. The Morgan fingerprint density at radius 2 is 1.92 bits per heavy atom. The van der Waals surface area contributed by atoms with Crippen molar-refractivity contribution in [2.24, 2.45) is 5.41 Å². The minimum atomic E-state index is -1.08. The lowest BCUT2D eigenvalue weighted by atomic mass is 9.89. The average Bonchev–Trinajstić information content (AvgIpc) is 2.83. The van der Waals surface area contributed by atoms with Gasteiger partial charge in [-0.05, 0) is 45.4 Å². The first-order valence-electron chi connectivity index (χ1n) is 7.82. The fourth-order valence-electron chi connectivity index (χ4n) is 2.47. The molecule has 1 aromatic heterocycles. The van der Waals surface area contributed by atoms with Crippen molar-refractivity contribution < 1.29 is 14.7 Å². The fraction of sp³-hybridized carbons (Fsp3) is 0.389. The maximum atomic E-state index is 12.1. The molecule has 0 aliphatic carbocycles. The van der Waals surface area contributed by atoms with Crippen LogP contribution >= 0.6 is 0 Å². The Morgan fingerprint density at radius 3 is 2.50 bits per heavy atom. The summed E-state index contributed by atoms with van der Waals surface area (Å²) in [5.74, 6) is -1.27. The molecular weight excluding hydrogens is 306 g/mol. The molecule has 1 heterocycles. The zero-order chi connectivity index (χ0) is 17.9. The predicted molar refractivity (Wildman–Crippen MR) is 90.9 cm³/mol. The fourth-order valence-corrected chi connectivity index (χ4v) is 2.47. The number of carboxylic acid groups (broad SMARTS) is 1. The van der Waals surface area contributed by atoms with Gasteiger partial charge in [0, 0.05) is 18.7 Å². The third-order valence-electron chi connectivity index (χ3n) is 3.89. The van der Waals surface area contributed by atoms with Crippen LogP contribution in [0.1, 0.15) is 37.2 Å². The number of hydrogen-bond donors (Lipinski definition) is 2. The first kappa shape index (κ1) is 17.7. The standard InChI is InChI=1S/C18H23N3O3/c1-12-9-13(2)21(20-12)15-8-6-5-7-14(15)11-19-16(22)10-18(3,4)17(23)24/h5-9H,10-11H2,1-4H3,(H,19,22)(H,23,24). The van der Waals surface area contributed by atoms with E-state index in [1.165, 1.54) is 0 Å². The molecule has 2 aromatic rings. The Kier molecular flexibility index (Phi) is 5.07. The number of aryl methyl sites for hydroxylation is 2. The van der Waals surface area contributed by atoms with E-state index in [2.05, 4.69) is 10.4 Å². The number of benzene rings is 1. The Morgan fingerprint density at radius 1 is 1.25 bits per heavy atom. The third-order valence-corrected chi connectivity index (χ3v) is 3.89. The molecule has 0 aliphatic heterocycles. The van der Waals surface area contributed by atoms with Crippen LogP contribution in [-0.4, -0.2) is 26.8 Å². The first-order valence-corrected chi connectivity index (χ1v) is 7.82. The number of hydrogen-bond acceptors (Lipinski definition) is 3. The van der Waals surface area contributed by atoms with Crippen molar-refractivity contribution in [1.29, 1.82) is 0 Å². The summed E-state index contributed by atoms with van der Waals surface area (Å²) in [5, 5.41) is 16.4. The number of aromatic nitrogens is 2. The van der Waals surface area contributed by atoms with E-state index in [0.29, 0.717) is 6.54 Å². The van der Waals surface area contributed by atoms with Crippen molar-refractivity contribution in [1.82, 2.24) is 15.1 Å². The van der Waals surface area contributed by atoms with Crippen LogP contribution in [-0.2, 0) is 16.1 Å². The molecule has 2 rings (SSSR count). The quantitative estimate of drug-likeness (QED) is 0.853. The molecule has 6 heteroatoms. The normalized spacial score (nSPS) is 11.3. The smallest absolute Gasteiger partial charge is 0.309 e. The van der Waals surface area contributed by atoms with Gasteiger partial charge >= 0.3 is 5.97 Å². The highest BCUT2D eigenvalue weighted by atomic mass is 16.4. The van der Waals surface area contributed by atoms with Gasteiger partial charge in [-0.15, -0.1) is 0 Å². The average molecular weight is 329 g/mol. The molecular formula is C18H23N3O3. The highest BCUT2D eigenvalue weighted by molar-refractivity contribution is 5.84. The summed E-state index contributed by atoms with van der Waals surface area (Å²) in [5.41, 5.74) is 2.68. The second kappa shape index (κ2) is 6.86. The van der Waals surface area contributed by atoms with Gasteiger partial charge in [-0.3, -0.25) is 9.59 Å². The zero-order valence-electron chi connectivity index (χ0n) is 14.5. The molecule has 0 radical (unpaired) electrons. The number of rotatable bonds is 6. The van der Waals surface area contributed by atoms with Crippen molar-refractivity contribution in [3.63, 3.8) is 0 Å². The van der Waals surface area contributed by atoms with Crippen molar-refractivity contribution in [2.75, 3.05) is 0 Å². The van der Waals surface area contributed by atoms with E-state index in [9.17, 15) is 9.59 Å². The van der Waals surface area contributed by atoms with E-state index in [-0.39, 0.29) is 12.3 Å². The van der Waals surface area contributed by atoms with E-state index in [1.807, 2.05) is 48.9 Å². The number of aliphatic carboxylic acids is 1. The van der Waals surface area contributed by atoms with Crippen molar-refractivity contribution >= 4 is 11.9 Å². The summed E-state index contributed by atoms with van der Waals surface area (Å²) >= 11 is 0. The Bertz CT molecular complexity index is 763. The molecule has 0 unspecified atom stereocenters. The summed E-state index contributed by atoms with van der Waals surface area (Å²) < 4.78 is 1.85. The van der Waals surface area contributed by atoms with Crippen LogP contribution < -0.4 is 5.32 Å². The van der Waals surface area contributed by atoms with Crippen LogP contribution in [0.5, 0.6) is 0 Å².